The fourth-order valence-corrected chi connectivity index (χ4v) is 2.30. The summed E-state index contributed by atoms with van der Waals surface area (Å²) in [6, 6.07) is 4.22. The van der Waals surface area contributed by atoms with Gasteiger partial charge < -0.3 is 10.4 Å². The Hall–Kier alpha value is -1.46. The molecule has 0 fully saturated rings. The van der Waals surface area contributed by atoms with Crippen molar-refractivity contribution in [3.05, 3.63) is 28.8 Å². The summed E-state index contributed by atoms with van der Waals surface area (Å²) in [4.78, 5) is 0. The van der Waals surface area contributed by atoms with Gasteiger partial charge in [-0.05, 0) is 34.4 Å². The summed E-state index contributed by atoms with van der Waals surface area (Å²) in [5, 5.41) is 14.0. The zero-order valence-corrected chi connectivity index (χ0v) is 14.5. The van der Waals surface area contributed by atoms with Crippen LogP contribution in [0.15, 0.2) is 12.1 Å². The molecule has 2 nitrogen and oxygen atoms in total. The number of hydrogen-bond donors (Lipinski definition) is 2. The van der Waals surface area contributed by atoms with Crippen molar-refractivity contribution in [3.8, 4) is 17.6 Å². The first kappa shape index (κ1) is 17.6. The molecule has 0 aliphatic carbocycles. The molecule has 116 valence electrons. The highest BCUT2D eigenvalue weighted by molar-refractivity contribution is 5.49. The molecule has 1 rings (SSSR count). The van der Waals surface area contributed by atoms with E-state index in [2.05, 4.69) is 70.8 Å². The minimum Gasteiger partial charge on any atom is -0.507 e. The zero-order chi connectivity index (χ0) is 16.3. The highest BCUT2D eigenvalue weighted by atomic mass is 16.3. The summed E-state index contributed by atoms with van der Waals surface area (Å²) in [7, 11) is 0. The summed E-state index contributed by atoms with van der Waals surface area (Å²) < 4.78 is 0. The lowest BCUT2D eigenvalue weighted by Gasteiger charge is -2.28. The Labute approximate surface area is 130 Å². The van der Waals surface area contributed by atoms with Crippen LogP contribution in [0.25, 0.3) is 0 Å². The van der Waals surface area contributed by atoms with E-state index < -0.39 is 0 Å². The summed E-state index contributed by atoms with van der Waals surface area (Å²) in [5.74, 6) is 6.33. The third kappa shape index (κ3) is 4.79. The summed E-state index contributed by atoms with van der Waals surface area (Å²) in [5.41, 5.74) is 3.05. The van der Waals surface area contributed by atoms with Crippen LogP contribution in [0.3, 0.4) is 0 Å². The van der Waals surface area contributed by atoms with Crippen molar-refractivity contribution < 1.29 is 5.11 Å². The molecule has 1 aromatic carbocycles. The molecule has 0 aliphatic heterocycles. The molecule has 0 spiro atoms. The second-order valence-corrected chi connectivity index (χ2v) is 7.57. The van der Waals surface area contributed by atoms with Crippen LogP contribution in [0.4, 0.5) is 0 Å². The molecule has 0 unspecified atom stereocenters. The number of phenols is 1. The lowest BCUT2D eigenvalue weighted by Crippen LogP contribution is -2.20. The molecule has 0 amide bonds. The SMILES string of the molecule is CC#CCNCc1cc(C(C)(C)C)c(O)c(C(C)(C)C)c1. The first-order valence-electron chi connectivity index (χ1n) is 7.54. The third-order valence-electron chi connectivity index (χ3n) is 3.51. The van der Waals surface area contributed by atoms with Gasteiger partial charge in [-0.2, -0.15) is 0 Å². The number of nitrogens with one attached hydrogen (secondary N) is 1. The van der Waals surface area contributed by atoms with Crippen LogP contribution in [0.1, 0.15) is 65.2 Å². The monoisotopic (exact) mass is 287 g/mol. The van der Waals surface area contributed by atoms with Crippen molar-refractivity contribution >= 4 is 0 Å². The van der Waals surface area contributed by atoms with E-state index in [1.54, 1.807) is 0 Å². The van der Waals surface area contributed by atoms with Gasteiger partial charge in [0.2, 0.25) is 0 Å². The van der Waals surface area contributed by atoms with Gasteiger partial charge in [0.05, 0.1) is 6.54 Å². The Bertz CT molecular complexity index is 513. The highest BCUT2D eigenvalue weighted by Crippen LogP contribution is 2.39. The van der Waals surface area contributed by atoms with E-state index >= 15 is 0 Å². The van der Waals surface area contributed by atoms with Gasteiger partial charge in [0.1, 0.15) is 5.75 Å². The lowest BCUT2D eigenvalue weighted by atomic mass is 9.78. The fraction of sp³-hybridized carbons (Fsp3) is 0.579. The minimum atomic E-state index is -0.0800. The largest absolute Gasteiger partial charge is 0.507 e. The Morgan fingerprint density at radius 3 is 1.86 bits per heavy atom. The van der Waals surface area contributed by atoms with Crippen molar-refractivity contribution in [3.63, 3.8) is 0 Å². The molecule has 0 aliphatic rings. The molecule has 0 atom stereocenters. The van der Waals surface area contributed by atoms with E-state index in [-0.39, 0.29) is 10.8 Å². The topological polar surface area (TPSA) is 32.3 Å². The van der Waals surface area contributed by atoms with Crippen molar-refractivity contribution in [1.29, 1.82) is 0 Å². The maximum absolute atomic E-state index is 10.7. The number of aromatic hydroxyl groups is 1. The van der Waals surface area contributed by atoms with Crippen molar-refractivity contribution in [1.82, 2.24) is 5.32 Å². The molecule has 21 heavy (non-hydrogen) atoms. The van der Waals surface area contributed by atoms with E-state index in [0.29, 0.717) is 12.3 Å². The van der Waals surface area contributed by atoms with Gasteiger partial charge in [-0.25, -0.2) is 0 Å². The second-order valence-electron chi connectivity index (χ2n) is 7.57. The molecule has 2 N–H and O–H groups in total. The molecule has 1 aromatic rings. The maximum atomic E-state index is 10.7. The van der Waals surface area contributed by atoms with Crippen LogP contribution in [0, 0.1) is 11.8 Å². The molecule has 0 saturated heterocycles. The molecule has 0 aromatic heterocycles. The molecule has 0 saturated carbocycles. The lowest BCUT2D eigenvalue weighted by molar-refractivity contribution is 0.422. The molecule has 0 radical (unpaired) electrons. The van der Waals surface area contributed by atoms with Gasteiger partial charge in [-0.15, -0.1) is 5.92 Å². The molecule has 0 heterocycles. The van der Waals surface area contributed by atoms with Crippen LogP contribution in [-0.2, 0) is 17.4 Å². The smallest absolute Gasteiger partial charge is 0.123 e. The maximum Gasteiger partial charge on any atom is 0.123 e. The fourth-order valence-electron chi connectivity index (χ4n) is 2.30. The van der Waals surface area contributed by atoms with E-state index in [1.165, 1.54) is 5.56 Å². The molecular formula is C19H29NO. The van der Waals surface area contributed by atoms with Gasteiger partial charge in [0.15, 0.2) is 0 Å². The number of phenolic OH excluding ortho intramolecular Hbond substituents is 1. The van der Waals surface area contributed by atoms with Gasteiger partial charge >= 0.3 is 0 Å². The van der Waals surface area contributed by atoms with Crippen molar-refractivity contribution in [2.45, 2.75) is 65.8 Å². The van der Waals surface area contributed by atoms with Crippen LogP contribution in [-0.4, -0.2) is 11.7 Å². The summed E-state index contributed by atoms with van der Waals surface area (Å²) >= 11 is 0. The number of benzene rings is 1. The molecule has 2 heteroatoms. The van der Waals surface area contributed by atoms with Gasteiger partial charge in [0, 0.05) is 6.54 Å². The predicted octanol–water partition coefficient (Wildman–Crippen LogP) is 4.10. The second kappa shape index (κ2) is 6.54. The first-order chi connectivity index (χ1) is 9.57. The van der Waals surface area contributed by atoms with Crippen LogP contribution >= 0.6 is 0 Å². The molecular weight excluding hydrogens is 258 g/mol. The van der Waals surface area contributed by atoms with Crippen molar-refractivity contribution in [2.24, 2.45) is 0 Å². The Morgan fingerprint density at radius 1 is 1.00 bits per heavy atom. The molecule has 0 bridgehead atoms. The van der Waals surface area contributed by atoms with Gasteiger partial charge in [-0.3, -0.25) is 0 Å². The zero-order valence-electron chi connectivity index (χ0n) is 14.5. The Kier molecular flexibility index (Phi) is 5.48. The van der Waals surface area contributed by atoms with Gasteiger partial charge in [0.25, 0.3) is 0 Å². The highest BCUT2D eigenvalue weighted by Gasteiger charge is 2.26. The average molecular weight is 287 g/mol. The quantitative estimate of drug-likeness (QED) is 0.648. The first-order valence-corrected chi connectivity index (χ1v) is 7.54. The van der Waals surface area contributed by atoms with Crippen LogP contribution in [0.2, 0.25) is 0 Å². The third-order valence-corrected chi connectivity index (χ3v) is 3.51. The predicted molar refractivity (Wildman–Crippen MR) is 90.7 cm³/mol. The summed E-state index contributed by atoms with van der Waals surface area (Å²) in [6.45, 7) is 16.1. The van der Waals surface area contributed by atoms with Crippen LogP contribution < -0.4 is 5.32 Å². The average Bonchev–Trinajstić information content (AvgIpc) is 2.33. The Balaban J connectivity index is 3.23. The van der Waals surface area contributed by atoms with E-state index in [1.807, 2.05) is 6.92 Å². The van der Waals surface area contributed by atoms with Crippen molar-refractivity contribution in [2.75, 3.05) is 6.54 Å². The standard InChI is InChI=1S/C19H29NO/c1-8-9-10-20-13-14-11-15(18(2,3)4)17(21)16(12-14)19(5,6)7/h11-12,20-21H,10,13H2,1-7H3. The normalized spacial score (nSPS) is 12.0. The van der Waals surface area contributed by atoms with E-state index in [4.69, 9.17) is 0 Å². The summed E-state index contributed by atoms with van der Waals surface area (Å²) in [6.07, 6.45) is 0. The number of hydrogen-bond acceptors (Lipinski definition) is 2. The number of rotatable bonds is 3. The van der Waals surface area contributed by atoms with E-state index in [0.717, 1.165) is 17.7 Å². The minimum absolute atomic E-state index is 0.0800. The van der Waals surface area contributed by atoms with E-state index in [9.17, 15) is 5.11 Å². The van der Waals surface area contributed by atoms with Crippen LogP contribution in [0.5, 0.6) is 5.75 Å². The van der Waals surface area contributed by atoms with Gasteiger partial charge in [-0.1, -0.05) is 59.6 Å². The Morgan fingerprint density at radius 2 is 1.48 bits per heavy atom.